The van der Waals surface area contributed by atoms with E-state index in [-0.39, 0.29) is 17.5 Å². The van der Waals surface area contributed by atoms with Crippen LogP contribution in [0, 0.1) is 12.7 Å². The molecule has 0 spiro atoms. The Bertz CT molecular complexity index is 1230. The molecule has 0 bridgehead atoms. The molecule has 1 N–H and O–H groups in total. The Labute approximate surface area is 208 Å². The van der Waals surface area contributed by atoms with Crippen molar-refractivity contribution in [3.8, 4) is 0 Å². The molecule has 0 amide bonds. The molecule has 1 aliphatic rings. The Morgan fingerprint density at radius 3 is 2.20 bits per heavy atom. The van der Waals surface area contributed by atoms with Gasteiger partial charge in [-0.15, -0.1) is 0 Å². The van der Waals surface area contributed by atoms with Crippen molar-refractivity contribution >= 4 is 21.4 Å². The van der Waals surface area contributed by atoms with E-state index in [0.717, 1.165) is 37.4 Å². The normalized spacial score (nSPS) is 15.7. The molecule has 1 fully saturated rings. The van der Waals surface area contributed by atoms with Crippen molar-refractivity contribution in [2.75, 3.05) is 56.6 Å². The van der Waals surface area contributed by atoms with Gasteiger partial charge in [0, 0.05) is 64.2 Å². The second kappa shape index (κ2) is 10.8. The highest BCUT2D eigenvalue weighted by Gasteiger charge is 2.27. The molecule has 3 aromatic rings. The lowest BCUT2D eigenvalue weighted by molar-refractivity contribution is 0.187. The van der Waals surface area contributed by atoms with Crippen LogP contribution in [0.25, 0.3) is 0 Å². The van der Waals surface area contributed by atoms with Gasteiger partial charge in [0.1, 0.15) is 5.82 Å². The number of halogens is 1. The summed E-state index contributed by atoms with van der Waals surface area (Å²) in [7, 11) is 0.210. The van der Waals surface area contributed by atoms with Crippen molar-refractivity contribution < 1.29 is 12.8 Å². The SMILES string of the molecule is Cc1cc(S(=O)(=O)NC[C@@H](c2ccc(N(C)C)cc2)N2CCN(c3ccccc3)CC2)ccc1F. The van der Waals surface area contributed by atoms with Crippen molar-refractivity contribution in [3.63, 3.8) is 0 Å². The van der Waals surface area contributed by atoms with Gasteiger partial charge in [0.2, 0.25) is 10.0 Å². The molecule has 3 aromatic carbocycles. The molecule has 1 saturated heterocycles. The maximum absolute atomic E-state index is 13.7. The molecule has 0 aliphatic carbocycles. The first-order valence-electron chi connectivity index (χ1n) is 11.8. The Balaban J connectivity index is 1.53. The zero-order chi connectivity index (χ0) is 25.0. The minimum atomic E-state index is -3.78. The summed E-state index contributed by atoms with van der Waals surface area (Å²) in [5.41, 5.74) is 3.65. The van der Waals surface area contributed by atoms with Gasteiger partial charge in [-0.25, -0.2) is 17.5 Å². The lowest BCUT2D eigenvalue weighted by Gasteiger charge is -2.40. The van der Waals surface area contributed by atoms with Crippen LogP contribution in [0.3, 0.4) is 0 Å². The lowest BCUT2D eigenvalue weighted by atomic mass is 10.0. The van der Waals surface area contributed by atoms with Gasteiger partial charge in [0.15, 0.2) is 0 Å². The molecule has 0 saturated carbocycles. The van der Waals surface area contributed by atoms with E-state index in [9.17, 15) is 12.8 Å². The highest BCUT2D eigenvalue weighted by molar-refractivity contribution is 7.89. The first-order valence-corrected chi connectivity index (χ1v) is 13.3. The summed E-state index contributed by atoms with van der Waals surface area (Å²) in [4.78, 5) is 6.81. The molecule has 1 aliphatic heterocycles. The lowest BCUT2D eigenvalue weighted by Crippen LogP contribution is -2.49. The van der Waals surface area contributed by atoms with Gasteiger partial charge < -0.3 is 9.80 Å². The molecule has 186 valence electrons. The molecule has 0 aromatic heterocycles. The number of hydrogen-bond donors (Lipinski definition) is 1. The first kappa shape index (κ1) is 25.2. The summed E-state index contributed by atoms with van der Waals surface area (Å²) < 4.78 is 42.5. The summed E-state index contributed by atoms with van der Waals surface area (Å²) in [6.45, 7) is 5.14. The highest BCUT2D eigenvalue weighted by Crippen LogP contribution is 2.26. The van der Waals surface area contributed by atoms with E-state index in [2.05, 4.69) is 50.9 Å². The number of benzene rings is 3. The van der Waals surface area contributed by atoms with Crippen LogP contribution in [-0.4, -0.2) is 60.1 Å². The number of aryl methyl sites for hydroxylation is 1. The Kier molecular flexibility index (Phi) is 7.74. The minimum absolute atomic E-state index is 0.0759. The Hall–Kier alpha value is -2.94. The van der Waals surface area contributed by atoms with E-state index >= 15 is 0 Å². The topological polar surface area (TPSA) is 55.9 Å². The molecule has 8 heteroatoms. The van der Waals surface area contributed by atoms with Crippen LogP contribution < -0.4 is 14.5 Å². The monoisotopic (exact) mass is 496 g/mol. The second-order valence-corrected chi connectivity index (χ2v) is 10.9. The fraction of sp³-hybridized carbons (Fsp3) is 0.333. The number of anilines is 2. The average Bonchev–Trinajstić information content (AvgIpc) is 2.87. The number of piperazine rings is 1. The number of para-hydroxylation sites is 1. The van der Waals surface area contributed by atoms with Gasteiger partial charge in [0.25, 0.3) is 0 Å². The molecular formula is C27H33FN4O2S. The Morgan fingerprint density at radius 1 is 0.943 bits per heavy atom. The molecular weight excluding hydrogens is 463 g/mol. The number of sulfonamides is 1. The minimum Gasteiger partial charge on any atom is -0.378 e. The summed E-state index contributed by atoms with van der Waals surface area (Å²) in [5, 5.41) is 0. The molecule has 35 heavy (non-hydrogen) atoms. The summed E-state index contributed by atoms with van der Waals surface area (Å²) in [6, 6.07) is 22.3. The van der Waals surface area contributed by atoms with E-state index in [1.54, 1.807) is 6.92 Å². The standard InChI is InChI=1S/C27H33FN4O2S/c1-21-19-25(13-14-26(21)28)35(33,34)29-20-27(22-9-11-23(12-10-22)30(2)3)32-17-15-31(16-18-32)24-7-5-4-6-8-24/h4-14,19,27,29H,15-18,20H2,1-3H3/t27-/m0/s1. The third kappa shape index (κ3) is 6.01. The van der Waals surface area contributed by atoms with Crippen LogP contribution in [0.15, 0.2) is 77.7 Å². The summed E-state index contributed by atoms with van der Waals surface area (Å²) >= 11 is 0. The maximum Gasteiger partial charge on any atom is 0.240 e. The van der Waals surface area contributed by atoms with Gasteiger partial charge in [-0.05, 0) is 60.5 Å². The third-order valence-electron chi connectivity index (χ3n) is 6.58. The second-order valence-electron chi connectivity index (χ2n) is 9.12. The van der Waals surface area contributed by atoms with Gasteiger partial charge >= 0.3 is 0 Å². The first-order chi connectivity index (χ1) is 16.7. The van der Waals surface area contributed by atoms with E-state index in [0.29, 0.717) is 5.56 Å². The van der Waals surface area contributed by atoms with E-state index in [4.69, 9.17) is 0 Å². The van der Waals surface area contributed by atoms with E-state index < -0.39 is 15.8 Å². The van der Waals surface area contributed by atoms with Gasteiger partial charge in [0.05, 0.1) is 4.90 Å². The maximum atomic E-state index is 13.7. The van der Waals surface area contributed by atoms with Crippen LogP contribution in [0.5, 0.6) is 0 Å². The fourth-order valence-corrected chi connectivity index (χ4v) is 5.56. The van der Waals surface area contributed by atoms with E-state index in [1.165, 1.54) is 23.9 Å². The molecule has 1 heterocycles. The Morgan fingerprint density at radius 2 is 1.60 bits per heavy atom. The van der Waals surface area contributed by atoms with E-state index in [1.807, 2.05) is 37.2 Å². The van der Waals surface area contributed by atoms with Crippen molar-refractivity contribution in [2.45, 2.75) is 17.9 Å². The predicted molar refractivity (Wildman–Crippen MR) is 140 cm³/mol. The quantitative estimate of drug-likeness (QED) is 0.510. The van der Waals surface area contributed by atoms with Crippen LogP contribution in [0.1, 0.15) is 17.2 Å². The van der Waals surface area contributed by atoms with Gasteiger partial charge in [-0.2, -0.15) is 0 Å². The molecule has 0 unspecified atom stereocenters. The van der Waals surface area contributed by atoms with Crippen LogP contribution in [0.2, 0.25) is 0 Å². The predicted octanol–water partition coefficient (Wildman–Crippen LogP) is 4.04. The number of rotatable bonds is 8. The summed E-state index contributed by atoms with van der Waals surface area (Å²) in [5.74, 6) is -0.418. The smallest absolute Gasteiger partial charge is 0.240 e. The molecule has 0 radical (unpaired) electrons. The van der Waals surface area contributed by atoms with Crippen LogP contribution >= 0.6 is 0 Å². The largest absolute Gasteiger partial charge is 0.378 e. The summed E-state index contributed by atoms with van der Waals surface area (Å²) in [6.07, 6.45) is 0. The van der Waals surface area contributed by atoms with Gasteiger partial charge in [-0.1, -0.05) is 30.3 Å². The van der Waals surface area contributed by atoms with Crippen molar-refractivity contribution in [3.05, 3.63) is 89.7 Å². The molecule has 1 atom stereocenters. The fourth-order valence-electron chi connectivity index (χ4n) is 4.44. The number of hydrogen-bond acceptors (Lipinski definition) is 5. The number of nitrogens with one attached hydrogen (secondary N) is 1. The third-order valence-corrected chi connectivity index (χ3v) is 8.00. The molecule has 6 nitrogen and oxygen atoms in total. The zero-order valence-electron chi connectivity index (χ0n) is 20.5. The van der Waals surface area contributed by atoms with Crippen molar-refractivity contribution in [1.29, 1.82) is 0 Å². The zero-order valence-corrected chi connectivity index (χ0v) is 21.3. The average molecular weight is 497 g/mol. The van der Waals surface area contributed by atoms with Crippen molar-refractivity contribution in [2.24, 2.45) is 0 Å². The number of nitrogens with zero attached hydrogens (tertiary/aromatic N) is 3. The highest BCUT2D eigenvalue weighted by atomic mass is 32.2. The van der Waals surface area contributed by atoms with Crippen LogP contribution in [0.4, 0.5) is 15.8 Å². The molecule has 4 rings (SSSR count). The van der Waals surface area contributed by atoms with Gasteiger partial charge in [-0.3, -0.25) is 4.90 Å². The van der Waals surface area contributed by atoms with Crippen LogP contribution in [-0.2, 0) is 10.0 Å². The van der Waals surface area contributed by atoms with Crippen molar-refractivity contribution in [1.82, 2.24) is 9.62 Å².